The maximum absolute atomic E-state index is 3.24. The van der Waals surface area contributed by atoms with E-state index in [2.05, 4.69) is 18.2 Å². The molecule has 0 bridgehead atoms. The summed E-state index contributed by atoms with van der Waals surface area (Å²) >= 11 is 0. The molecule has 0 N–H and O–H groups in total. The van der Waals surface area contributed by atoms with Crippen molar-refractivity contribution in [2.75, 3.05) is 0 Å². The fourth-order valence-corrected chi connectivity index (χ4v) is 1.25. The third-order valence-corrected chi connectivity index (χ3v) is 1.98. The molecule has 0 aromatic heterocycles. The van der Waals surface area contributed by atoms with Crippen LogP contribution in [0, 0.1) is 6.08 Å². The van der Waals surface area contributed by atoms with Crippen LogP contribution in [0.25, 0.3) is 6.08 Å². The van der Waals surface area contributed by atoms with Gasteiger partial charge in [-0.25, -0.2) is 0 Å². The van der Waals surface area contributed by atoms with Gasteiger partial charge in [0.2, 0.25) is 0 Å². The van der Waals surface area contributed by atoms with E-state index in [9.17, 15) is 0 Å². The molecule has 0 radical (unpaired) electrons. The Balaban J connectivity index is 0.00000112. The molecule has 0 atom stereocenters. The molecular formula is C14H11BrMg. The maximum Gasteiger partial charge on any atom is 2.00 e. The van der Waals surface area contributed by atoms with Gasteiger partial charge in [0.25, 0.3) is 0 Å². The molecule has 2 aromatic rings. The van der Waals surface area contributed by atoms with Gasteiger partial charge < -0.3 is 17.0 Å². The van der Waals surface area contributed by atoms with Crippen molar-refractivity contribution in [2.24, 2.45) is 0 Å². The quantitative estimate of drug-likeness (QED) is 0.419. The van der Waals surface area contributed by atoms with Gasteiger partial charge in [-0.2, -0.15) is 0 Å². The molecule has 2 rings (SSSR count). The molecule has 0 fully saturated rings. The molecule has 0 spiro atoms. The van der Waals surface area contributed by atoms with Crippen LogP contribution in [0.5, 0.6) is 0 Å². The molecular weight excluding hydrogens is 272 g/mol. The Hall–Kier alpha value is -0.574. The third-order valence-electron chi connectivity index (χ3n) is 1.98. The van der Waals surface area contributed by atoms with E-state index in [1.807, 2.05) is 54.6 Å². The first-order valence-corrected chi connectivity index (χ1v) is 4.65. The molecule has 0 aliphatic heterocycles. The smallest absolute Gasteiger partial charge is 1.00 e. The maximum atomic E-state index is 3.24. The molecule has 0 amide bonds. The summed E-state index contributed by atoms with van der Waals surface area (Å²) in [7, 11) is 0. The van der Waals surface area contributed by atoms with Gasteiger partial charge >= 0.3 is 23.1 Å². The first-order valence-electron chi connectivity index (χ1n) is 4.65. The van der Waals surface area contributed by atoms with Crippen LogP contribution in [-0.4, -0.2) is 23.1 Å². The van der Waals surface area contributed by atoms with Gasteiger partial charge in [-0.3, -0.25) is 0 Å². The van der Waals surface area contributed by atoms with Gasteiger partial charge in [0.05, 0.1) is 0 Å². The summed E-state index contributed by atoms with van der Waals surface area (Å²) in [6.07, 6.45) is 5.23. The monoisotopic (exact) mass is 282 g/mol. The SMILES string of the molecule is [Br-].[C-](=Cc1ccccc1)c1ccccc1.[Mg+2]. The van der Waals surface area contributed by atoms with E-state index in [0.717, 1.165) is 5.56 Å². The summed E-state index contributed by atoms with van der Waals surface area (Å²) in [4.78, 5) is 0. The predicted octanol–water partition coefficient (Wildman–Crippen LogP) is 0.174. The average Bonchev–Trinajstić information content (AvgIpc) is 2.29. The number of hydrogen-bond acceptors (Lipinski definition) is 0. The van der Waals surface area contributed by atoms with Crippen LogP contribution in [0.1, 0.15) is 11.1 Å². The summed E-state index contributed by atoms with van der Waals surface area (Å²) in [5, 5.41) is 0. The number of benzene rings is 2. The van der Waals surface area contributed by atoms with E-state index in [-0.39, 0.29) is 40.0 Å². The van der Waals surface area contributed by atoms with Crippen molar-refractivity contribution < 1.29 is 17.0 Å². The van der Waals surface area contributed by atoms with Gasteiger partial charge in [-0.1, -0.05) is 42.0 Å². The largest absolute Gasteiger partial charge is 2.00 e. The minimum absolute atomic E-state index is 0. The zero-order valence-corrected chi connectivity index (χ0v) is 11.9. The topological polar surface area (TPSA) is 0 Å². The Bertz CT molecular complexity index is 368. The van der Waals surface area contributed by atoms with Crippen molar-refractivity contribution in [2.45, 2.75) is 0 Å². The van der Waals surface area contributed by atoms with Crippen molar-refractivity contribution in [1.29, 1.82) is 0 Å². The summed E-state index contributed by atoms with van der Waals surface area (Å²) in [5.41, 5.74) is 2.28. The fraction of sp³-hybridized carbons (Fsp3) is 0. The summed E-state index contributed by atoms with van der Waals surface area (Å²) in [5.74, 6) is 0. The third kappa shape index (κ3) is 4.97. The van der Waals surface area contributed by atoms with Crippen LogP contribution in [0.2, 0.25) is 0 Å². The second-order valence-corrected chi connectivity index (χ2v) is 3.07. The van der Waals surface area contributed by atoms with Crippen molar-refractivity contribution >= 4 is 29.1 Å². The molecule has 0 nitrogen and oxygen atoms in total. The van der Waals surface area contributed by atoms with Crippen molar-refractivity contribution in [3.63, 3.8) is 0 Å². The summed E-state index contributed by atoms with van der Waals surface area (Å²) in [6.45, 7) is 0. The normalized spacial score (nSPS) is 9.25. The van der Waals surface area contributed by atoms with Gasteiger partial charge in [0, 0.05) is 0 Å². The van der Waals surface area contributed by atoms with E-state index < -0.39 is 0 Å². The summed E-state index contributed by atoms with van der Waals surface area (Å²) in [6, 6.07) is 20.3. The molecule has 0 aliphatic carbocycles. The molecule has 0 heterocycles. The zero-order chi connectivity index (χ0) is 9.64. The Kier molecular flexibility index (Phi) is 8.26. The standard InChI is InChI=1S/C14H11.BrH.Mg/c1-3-7-13(8-4-1)11-12-14-9-5-2-6-10-14;;/h1-11H;1H;/q-1;;+2/p-1. The molecule has 0 aliphatic rings. The molecule has 0 unspecified atom stereocenters. The number of halogens is 1. The Morgan fingerprint density at radius 1 is 0.750 bits per heavy atom. The van der Waals surface area contributed by atoms with Crippen LogP contribution in [0.4, 0.5) is 0 Å². The molecule has 76 valence electrons. The van der Waals surface area contributed by atoms with Gasteiger partial charge in [-0.05, 0) is 0 Å². The minimum atomic E-state index is 0. The molecule has 16 heavy (non-hydrogen) atoms. The molecule has 2 aromatic carbocycles. The van der Waals surface area contributed by atoms with Crippen molar-refractivity contribution in [3.8, 4) is 0 Å². The van der Waals surface area contributed by atoms with Gasteiger partial charge in [0.15, 0.2) is 0 Å². The molecule has 2 heteroatoms. The van der Waals surface area contributed by atoms with Crippen molar-refractivity contribution in [1.82, 2.24) is 0 Å². The van der Waals surface area contributed by atoms with E-state index in [1.165, 1.54) is 5.56 Å². The van der Waals surface area contributed by atoms with Crippen molar-refractivity contribution in [3.05, 3.63) is 77.9 Å². The molecule has 0 saturated carbocycles. The molecule has 0 saturated heterocycles. The Labute approximate surface area is 123 Å². The van der Waals surface area contributed by atoms with E-state index in [4.69, 9.17) is 0 Å². The van der Waals surface area contributed by atoms with Crippen LogP contribution in [0.3, 0.4) is 0 Å². The van der Waals surface area contributed by atoms with E-state index >= 15 is 0 Å². The second kappa shape index (κ2) is 8.56. The van der Waals surface area contributed by atoms with E-state index in [1.54, 1.807) is 0 Å². The van der Waals surface area contributed by atoms with Crippen LogP contribution in [-0.2, 0) is 0 Å². The minimum Gasteiger partial charge on any atom is -1.00 e. The average molecular weight is 283 g/mol. The van der Waals surface area contributed by atoms with Crippen LogP contribution < -0.4 is 17.0 Å². The summed E-state index contributed by atoms with van der Waals surface area (Å²) < 4.78 is 0. The first-order chi connectivity index (χ1) is 6.95. The van der Waals surface area contributed by atoms with Gasteiger partial charge in [-0.15, -0.1) is 42.0 Å². The predicted molar refractivity (Wildman–Crippen MR) is 65.4 cm³/mol. The number of hydrogen-bond donors (Lipinski definition) is 0. The van der Waals surface area contributed by atoms with E-state index in [0.29, 0.717) is 0 Å². The van der Waals surface area contributed by atoms with Crippen LogP contribution >= 0.6 is 0 Å². The Morgan fingerprint density at radius 2 is 1.25 bits per heavy atom. The van der Waals surface area contributed by atoms with Gasteiger partial charge in [0.1, 0.15) is 0 Å². The zero-order valence-electron chi connectivity index (χ0n) is 8.94. The van der Waals surface area contributed by atoms with Crippen LogP contribution in [0.15, 0.2) is 60.7 Å². The second-order valence-electron chi connectivity index (χ2n) is 3.07. The number of rotatable bonds is 2. The first kappa shape index (κ1) is 15.4. The Morgan fingerprint density at radius 3 is 1.81 bits per heavy atom. The fourth-order valence-electron chi connectivity index (χ4n) is 1.25.